The van der Waals surface area contributed by atoms with Gasteiger partial charge in [0.15, 0.2) is 0 Å². The summed E-state index contributed by atoms with van der Waals surface area (Å²) in [6.45, 7) is 4.47. The third kappa shape index (κ3) is 6.35. The first kappa shape index (κ1) is 36.1. The summed E-state index contributed by atoms with van der Waals surface area (Å²) in [5, 5.41) is 4.53. The van der Waals surface area contributed by atoms with E-state index in [1.54, 1.807) is 0 Å². The van der Waals surface area contributed by atoms with Crippen LogP contribution in [0.4, 0.5) is 34.1 Å². The van der Waals surface area contributed by atoms with Crippen molar-refractivity contribution in [3.05, 3.63) is 224 Å². The Bertz CT molecular complexity index is 3140. The standard InChI is InChI=1S/C56H41N5/c1-38-32-42(43-34-41-26-25-40-16-15-31-57-54(40)55(41)58-37-43)33-39(2)56(38)61-52-29-27-48(59(44-17-7-3-8-18-44)45-19-9-4-10-20-45)35-50(52)51-36-49(28-30-53(51)61)60(46-21-11-5-12-22-46)47-23-13-6-14-24-47/h3-37H,1-2H3. The van der Waals surface area contributed by atoms with Crippen LogP contribution in [0.5, 0.6) is 0 Å². The number of pyridine rings is 2. The van der Waals surface area contributed by atoms with Crippen molar-refractivity contribution in [2.24, 2.45) is 0 Å². The van der Waals surface area contributed by atoms with Crippen LogP contribution in [0, 0.1) is 13.8 Å². The first-order valence-electron chi connectivity index (χ1n) is 20.7. The lowest BCUT2D eigenvalue weighted by Gasteiger charge is -2.26. The summed E-state index contributed by atoms with van der Waals surface area (Å²) in [6, 6.07) is 71.6. The molecule has 0 amide bonds. The van der Waals surface area contributed by atoms with Crippen LogP contribution in [-0.2, 0) is 0 Å². The fourth-order valence-corrected chi connectivity index (χ4v) is 9.09. The number of fused-ring (bicyclic) bond motifs is 6. The molecule has 11 rings (SSSR count). The van der Waals surface area contributed by atoms with Gasteiger partial charge in [0.05, 0.1) is 27.8 Å². The van der Waals surface area contributed by atoms with Crippen LogP contribution < -0.4 is 9.80 Å². The number of aryl methyl sites for hydroxylation is 2. The molecule has 0 saturated heterocycles. The van der Waals surface area contributed by atoms with Gasteiger partial charge in [0.25, 0.3) is 0 Å². The van der Waals surface area contributed by atoms with Gasteiger partial charge in [-0.05, 0) is 140 Å². The van der Waals surface area contributed by atoms with Gasteiger partial charge in [-0.3, -0.25) is 9.97 Å². The largest absolute Gasteiger partial charge is 0.310 e. The zero-order valence-electron chi connectivity index (χ0n) is 33.9. The molecule has 0 saturated carbocycles. The number of hydrogen-bond donors (Lipinski definition) is 0. The summed E-state index contributed by atoms with van der Waals surface area (Å²) in [5.74, 6) is 0. The van der Waals surface area contributed by atoms with Crippen molar-refractivity contribution >= 4 is 77.7 Å². The fraction of sp³-hybridized carbons (Fsp3) is 0.0357. The van der Waals surface area contributed by atoms with Crippen molar-refractivity contribution in [3.63, 3.8) is 0 Å². The second-order valence-electron chi connectivity index (χ2n) is 15.6. The van der Waals surface area contributed by atoms with Gasteiger partial charge in [0.2, 0.25) is 0 Å². The van der Waals surface area contributed by atoms with E-state index >= 15 is 0 Å². The van der Waals surface area contributed by atoms with Crippen LogP contribution in [0.25, 0.3) is 60.4 Å². The van der Waals surface area contributed by atoms with Gasteiger partial charge in [-0.1, -0.05) is 91.0 Å². The average molecular weight is 784 g/mol. The molecule has 0 N–H and O–H groups in total. The van der Waals surface area contributed by atoms with Crippen molar-refractivity contribution in [2.45, 2.75) is 13.8 Å². The van der Waals surface area contributed by atoms with E-state index < -0.39 is 0 Å². The van der Waals surface area contributed by atoms with Gasteiger partial charge in [0.1, 0.15) is 0 Å². The number of rotatable bonds is 8. The van der Waals surface area contributed by atoms with Crippen molar-refractivity contribution in [1.29, 1.82) is 0 Å². The Hall–Kier alpha value is -8.02. The highest BCUT2D eigenvalue weighted by Gasteiger charge is 2.22. The second kappa shape index (κ2) is 15.0. The molecule has 0 atom stereocenters. The van der Waals surface area contributed by atoms with E-state index in [1.807, 2.05) is 18.5 Å². The molecule has 0 spiro atoms. The number of hydrogen-bond acceptors (Lipinski definition) is 4. The molecular formula is C56H41N5. The van der Waals surface area contributed by atoms with Crippen LogP contribution in [-0.4, -0.2) is 14.5 Å². The molecule has 61 heavy (non-hydrogen) atoms. The van der Waals surface area contributed by atoms with Crippen LogP contribution in [0.1, 0.15) is 11.1 Å². The van der Waals surface area contributed by atoms with Crippen LogP contribution in [0.3, 0.4) is 0 Å². The maximum Gasteiger partial charge on any atom is 0.0964 e. The summed E-state index contributed by atoms with van der Waals surface area (Å²) in [4.78, 5) is 14.3. The van der Waals surface area contributed by atoms with Gasteiger partial charge >= 0.3 is 0 Å². The molecule has 3 heterocycles. The molecule has 0 aliphatic heterocycles. The van der Waals surface area contributed by atoms with E-state index in [-0.39, 0.29) is 0 Å². The molecule has 0 unspecified atom stereocenters. The monoisotopic (exact) mass is 783 g/mol. The van der Waals surface area contributed by atoms with Crippen LogP contribution in [0.15, 0.2) is 213 Å². The van der Waals surface area contributed by atoms with Gasteiger partial charge in [-0.15, -0.1) is 0 Å². The Morgan fingerprint density at radius 2 is 0.836 bits per heavy atom. The molecule has 0 fully saturated rings. The zero-order valence-corrected chi connectivity index (χ0v) is 33.9. The molecular weight excluding hydrogens is 743 g/mol. The van der Waals surface area contributed by atoms with Gasteiger partial charge in [-0.2, -0.15) is 0 Å². The lowest BCUT2D eigenvalue weighted by Crippen LogP contribution is -2.09. The number of nitrogens with zero attached hydrogens (tertiary/aromatic N) is 5. The lowest BCUT2D eigenvalue weighted by molar-refractivity contribution is 1.12. The highest BCUT2D eigenvalue weighted by molar-refractivity contribution is 6.12. The Kier molecular flexibility index (Phi) is 8.86. The molecule has 290 valence electrons. The highest BCUT2D eigenvalue weighted by Crippen LogP contribution is 2.44. The number of anilines is 6. The van der Waals surface area contributed by atoms with Crippen molar-refractivity contribution in [3.8, 4) is 16.8 Å². The lowest BCUT2D eigenvalue weighted by atomic mass is 9.98. The number of benzene rings is 8. The molecule has 0 aliphatic rings. The summed E-state index contributed by atoms with van der Waals surface area (Å²) >= 11 is 0. The van der Waals surface area contributed by atoms with Crippen LogP contribution in [0.2, 0.25) is 0 Å². The van der Waals surface area contributed by atoms with Crippen molar-refractivity contribution < 1.29 is 0 Å². The molecule has 0 aliphatic carbocycles. The minimum Gasteiger partial charge on any atom is -0.310 e. The summed E-state index contributed by atoms with van der Waals surface area (Å²) < 4.78 is 2.47. The molecule has 8 aromatic carbocycles. The maximum atomic E-state index is 4.96. The van der Waals surface area contributed by atoms with E-state index in [0.717, 1.165) is 78.1 Å². The minimum atomic E-state index is 0.923. The maximum absolute atomic E-state index is 4.96. The van der Waals surface area contributed by atoms with E-state index in [0.29, 0.717) is 0 Å². The summed E-state index contributed by atoms with van der Waals surface area (Å²) in [6.07, 6.45) is 3.83. The Morgan fingerprint density at radius 3 is 1.33 bits per heavy atom. The molecule has 11 aromatic rings. The van der Waals surface area contributed by atoms with Gasteiger partial charge in [-0.25, -0.2) is 0 Å². The highest BCUT2D eigenvalue weighted by atomic mass is 15.1. The fourth-order valence-electron chi connectivity index (χ4n) is 9.09. The van der Waals surface area contributed by atoms with Gasteiger partial charge < -0.3 is 14.4 Å². The summed E-state index contributed by atoms with van der Waals surface area (Å²) in [5.41, 5.74) is 16.5. The van der Waals surface area contributed by atoms with E-state index in [9.17, 15) is 0 Å². The van der Waals surface area contributed by atoms with Crippen LogP contribution >= 0.6 is 0 Å². The molecule has 0 radical (unpaired) electrons. The Labute approximate surface area is 355 Å². The third-order valence-corrected chi connectivity index (χ3v) is 11.8. The van der Waals surface area contributed by atoms with Crippen molar-refractivity contribution in [2.75, 3.05) is 9.80 Å². The minimum absolute atomic E-state index is 0.923. The molecule has 3 aromatic heterocycles. The number of para-hydroxylation sites is 4. The van der Waals surface area contributed by atoms with E-state index in [1.165, 1.54) is 27.6 Å². The zero-order chi connectivity index (χ0) is 40.9. The SMILES string of the molecule is Cc1cc(-c2cnc3c(ccc4cccnc43)c2)cc(C)c1-n1c2ccc(N(c3ccccc3)c3ccccc3)cc2c2cc(N(c3ccccc3)c3ccccc3)ccc21. The average Bonchev–Trinajstić information content (AvgIpc) is 3.62. The van der Waals surface area contributed by atoms with Gasteiger partial charge in [0, 0.05) is 73.6 Å². The smallest absolute Gasteiger partial charge is 0.0964 e. The predicted octanol–water partition coefficient (Wildman–Crippen LogP) is 15.1. The first-order valence-corrected chi connectivity index (χ1v) is 20.7. The van der Waals surface area contributed by atoms with Crippen molar-refractivity contribution in [1.82, 2.24) is 14.5 Å². The predicted molar refractivity (Wildman–Crippen MR) is 256 cm³/mol. The molecule has 5 heteroatoms. The normalized spacial score (nSPS) is 11.4. The summed E-state index contributed by atoms with van der Waals surface area (Å²) in [7, 11) is 0. The second-order valence-corrected chi connectivity index (χ2v) is 15.6. The molecule has 5 nitrogen and oxygen atoms in total. The van der Waals surface area contributed by atoms with E-state index in [4.69, 9.17) is 4.98 Å². The topological polar surface area (TPSA) is 37.2 Å². The Balaban J connectivity index is 1.12. The molecule has 0 bridgehead atoms. The number of aromatic nitrogens is 3. The third-order valence-electron chi connectivity index (χ3n) is 11.8. The first-order chi connectivity index (χ1) is 30.1. The van der Waals surface area contributed by atoms with E-state index in [2.05, 4.69) is 227 Å². The quantitative estimate of drug-likeness (QED) is 0.144. The Morgan fingerprint density at radius 1 is 0.377 bits per heavy atom.